The van der Waals surface area contributed by atoms with Crippen molar-refractivity contribution < 1.29 is 4.79 Å². The van der Waals surface area contributed by atoms with Gasteiger partial charge in [0.25, 0.3) is 0 Å². The van der Waals surface area contributed by atoms with Gasteiger partial charge in [-0.1, -0.05) is 35.3 Å². The highest BCUT2D eigenvalue weighted by Crippen LogP contribution is 2.24. The molecular formula is C15H14Cl2N2O. The van der Waals surface area contributed by atoms with Crippen LogP contribution < -0.4 is 11.1 Å². The first-order valence-electron chi connectivity index (χ1n) is 6.08. The topological polar surface area (TPSA) is 55.1 Å². The van der Waals surface area contributed by atoms with Crippen LogP contribution in [0.4, 0.5) is 11.4 Å². The zero-order chi connectivity index (χ0) is 14.7. The lowest BCUT2D eigenvalue weighted by molar-refractivity contribution is -0.117. The van der Waals surface area contributed by atoms with Crippen LogP contribution >= 0.6 is 23.2 Å². The number of rotatable bonds is 3. The lowest BCUT2D eigenvalue weighted by Crippen LogP contribution is -2.18. The second-order valence-electron chi connectivity index (χ2n) is 4.54. The van der Waals surface area contributed by atoms with Crippen LogP contribution in [0.3, 0.4) is 0 Å². The Morgan fingerprint density at radius 3 is 2.40 bits per heavy atom. The highest BCUT2D eigenvalue weighted by Gasteiger charge is 2.15. The number of carbonyl (C=O) groups excluding carboxylic acids is 1. The summed E-state index contributed by atoms with van der Waals surface area (Å²) in [6.07, 6.45) is 0. The number of nitrogens with two attached hydrogens (primary N) is 1. The van der Waals surface area contributed by atoms with Gasteiger partial charge in [0.15, 0.2) is 0 Å². The number of nitrogen functional groups attached to an aromatic ring is 1. The van der Waals surface area contributed by atoms with Crippen molar-refractivity contribution in [3.8, 4) is 0 Å². The molecule has 0 heterocycles. The molecule has 5 heteroatoms. The van der Waals surface area contributed by atoms with Gasteiger partial charge in [-0.3, -0.25) is 4.79 Å². The lowest BCUT2D eigenvalue weighted by atomic mass is 10.00. The molecule has 0 saturated heterocycles. The summed E-state index contributed by atoms with van der Waals surface area (Å²) in [6, 6.07) is 12.2. The highest BCUT2D eigenvalue weighted by atomic mass is 35.5. The van der Waals surface area contributed by atoms with Gasteiger partial charge in [0.05, 0.1) is 5.92 Å². The van der Waals surface area contributed by atoms with Crippen LogP contribution in [0.1, 0.15) is 18.4 Å². The van der Waals surface area contributed by atoms with E-state index in [2.05, 4.69) is 5.32 Å². The van der Waals surface area contributed by atoms with Crippen LogP contribution in [-0.4, -0.2) is 5.91 Å². The molecular weight excluding hydrogens is 295 g/mol. The Bertz CT molecular complexity index is 623. The van der Waals surface area contributed by atoms with Crippen LogP contribution in [0.15, 0.2) is 42.5 Å². The molecule has 104 valence electrons. The number of anilines is 2. The minimum atomic E-state index is -0.323. The summed E-state index contributed by atoms with van der Waals surface area (Å²) < 4.78 is 0. The number of carbonyl (C=O) groups is 1. The lowest BCUT2D eigenvalue weighted by Gasteiger charge is -2.13. The van der Waals surface area contributed by atoms with Crippen LogP contribution in [0.2, 0.25) is 10.0 Å². The van der Waals surface area contributed by atoms with E-state index in [0.29, 0.717) is 21.4 Å². The summed E-state index contributed by atoms with van der Waals surface area (Å²) in [5.74, 6) is -0.467. The molecule has 0 bridgehead atoms. The van der Waals surface area contributed by atoms with Gasteiger partial charge in [0.1, 0.15) is 0 Å². The Balaban J connectivity index is 2.15. The maximum absolute atomic E-state index is 12.2. The molecule has 0 aliphatic carbocycles. The molecule has 1 unspecified atom stereocenters. The van der Waals surface area contributed by atoms with Crippen molar-refractivity contribution in [3.63, 3.8) is 0 Å². The molecule has 1 amide bonds. The van der Waals surface area contributed by atoms with Crippen LogP contribution in [-0.2, 0) is 4.79 Å². The van der Waals surface area contributed by atoms with Crippen molar-refractivity contribution in [1.82, 2.24) is 0 Å². The number of halogens is 2. The van der Waals surface area contributed by atoms with Gasteiger partial charge < -0.3 is 11.1 Å². The van der Waals surface area contributed by atoms with Crippen LogP contribution in [0.25, 0.3) is 0 Å². The molecule has 0 fully saturated rings. The third-order valence-corrected chi connectivity index (χ3v) is 3.37. The summed E-state index contributed by atoms with van der Waals surface area (Å²) in [6.45, 7) is 1.82. The van der Waals surface area contributed by atoms with Gasteiger partial charge in [0, 0.05) is 21.4 Å². The van der Waals surface area contributed by atoms with Crippen LogP contribution in [0.5, 0.6) is 0 Å². The molecule has 0 aliphatic heterocycles. The van der Waals surface area contributed by atoms with Crippen LogP contribution in [0, 0.1) is 0 Å². The molecule has 1 atom stereocenters. The predicted molar refractivity (Wildman–Crippen MR) is 84.4 cm³/mol. The Morgan fingerprint density at radius 1 is 1.15 bits per heavy atom. The van der Waals surface area contributed by atoms with Gasteiger partial charge in [-0.05, 0) is 42.8 Å². The molecule has 2 rings (SSSR count). The molecule has 0 spiro atoms. The molecule has 3 N–H and O–H groups in total. The molecule has 0 aromatic heterocycles. The Morgan fingerprint density at radius 2 is 1.80 bits per heavy atom. The minimum Gasteiger partial charge on any atom is -0.399 e. The van der Waals surface area contributed by atoms with E-state index >= 15 is 0 Å². The van der Waals surface area contributed by atoms with Gasteiger partial charge in [-0.15, -0.1) is 0 Å². The third kappa shape index (κ3) is 3.65. The maximum atomic E-state index is 12.2. The van der Waals surface area contributed by atoms with E-state index in [1.807, 2.05) is 19.1 Å². The molecule has 3 nitrogen and oxygen atoms in total. The first kappa shape index (κ1) is 14.7. The Kier molecular flexibility index (Phi) is 4.53. The van der Waals surface area contributed by atoms with Crippen molar-refractivity contribution in [2.24, 2.45) is 0 Å². The number of nitrogens with one attached hydrogen (secondary N) is 1. The van der Waals surface area contributed by atoms with Crippen molar-refractivity contribution in [1.29, 1.82) is 0 Å². The number of hydrogen-bond donors (Lipinski definition) is 2. The molecule has 0 saturated carbocycles. The summed E-state index contributed by atoms with van der Waals surface area (Å²) in [4.78, 5) is 12.2. The molecule has 2 aromatic carbocycles. The van der Waals surface area contributed by atoms with Crippen molar-refractivity contribution in [2.45, 2.75) is 12.8 Å². The maximum Gasteiger partial charge on any atom is 0.231 e. The van der Waals surface area contributed by atoms with E-state index in [-0.39, 0.29) is 11.8 Å². The molecule has 0 radical (unpaired) electrons. The molecule has 2 aromatic rings. The summed E-state index contributed by atoms with van der Waals surface area (Å²) in [5, 5.41) is 3.75. The Hall–Kier alpha value is -1.71. The van der Waals surface area contributed by atoms with E-state index in [9.17, 15) is 4.79 Å². The van der Waals surface area contributed by atoms with E-state index in [1.54, 1.807) is 30.3 Å². The van der Waals surface area contributed by atoms with Crippen molar-refractivity contribution in [3.05, 3.63) is 58.1 Å². The third-order valence-electron chi connectivity index (χ3n) is 2.93. The van der Waals surface area contributed by atoms with E-state index in [4.69, 9.17) is 28.9 Å². The van der Waals surface area contributed by atoms with Crippen molar-refractivity contribution >= 4 is 40.5 Å². The average Bonchev–Trinajstić information content (AvgIpc) is 2.36. The fourth-order valence-electron chi connectivity index (χ4n) is 1.86. The van der Waals surface area contributed by atoms with Gasteiger partial charge in [0.2, 0.25) is 5.91 Å². The summed E-state index contributed by atoms with van der Waals surface area (Å²) in [7, 11) is 0. The van der Waals surface area contributed by atoms with E-state index in [0.717, 1.165) is 5.56 Å². The normalized spacial score (nSPS) is 11.9. The fraction of sp³-hybridized carbons (Fsp3) is 0.133. The second-order valence-corrected chi connectivity index (χ2v) is 5.41. The fourth-order valence-corrected chi connectivity index (χ4v) is 2.38. The predicted octanol–water partition coefficient (Wildman–Crippen LogP) is 4.32. The molecule has 20 heavy (non-hydrogen) atoms. The Labute approximate surface area is 127 Å². The van der Waals surface area contributed by atoms with Gasteiger partial charge >= 0.3 is 0 Å². The zero-order valence-corrected chi connectivity index (χ0v) is 12.4. The van der Waals surface area contributed by atoms with Gasteiger partial charge in [-0.25, -0.2) is 0 Å². The number of hydrogen-bond acceptors (Lipinski definition) is 2. The zero-order valence-electron chi connectivity index (χ0n) is 10.9. The molecule has 0 aliphatic rings. The minimum absolute atomic E-state index is 0.145. The first-order chi connectivity index (χ1) is 9.45. The quantitative estimate of drug-likeness (QED) is 0.830. The second kappa shape index (κ2) is 6.16. The van der Waals surface area contributed by atoms with E-state index < -0.39 is 0 Å². The summed E-state index contributed by atoms with van der Waals surface area (Å²) in [5.41, 5.74) is 7.78. The first-order valence-corrected chi connectivity index (χ1v) is 6.83. The monoisotopic (exact) mass is 308 g/mol. The standard InChI is InChI=1S/C15H14Cl2N2O/c1-9(10-3-2-4-13(18)5-10)15(20)19-14-7-11(16)6-12(17)8-14/h2-9H,18H2,1H3,(H,19,20). The summed E-state index contributed by atoms with van der Waals surface area (Å²) >= 11 is 11.8. The average molecular weight is 309 g/mol. The largest absolute Gasteiger partial charge is 0.399 e. The smallest absolute Gasteiger partial charge is 0.231 e. The number of amides is 1. The SMILES string of the molecule is CC(C(=O)Nc1cc(Cl)cc(Cl)c1)c1cccc(N)c1. The van der Waals surface area contributed by atoms with Crippen molar-refractivity contribution in [2.75, 3.05) is 11.1 Å². The van der Waals surface area contributed by atoms with E-state index in [1.165, 1.54) is 0 Å². The van der Waals surface area contributed by atoms with Gasteiger partial charge in [-0.2, -0.15) is 0 Å². The number of benzene rings is 2. The highest BCUT2D eigenvalue weighted by molar-refractivity contribution is 6.35.